The summed E-state index contributed by atoms with van der Waals surface area (Å²) in [5.41, 5.74) is 1.23. The van der Waals surface area contributed by atoms with E-state index in [1.54, 1.807) is 6.21 Å². The zero-order valence-electron chi connectivity index (χ0n) is 12.6. The van der Waals surface area contributed by atoms with Gasteiger partial charge in [0.2, 0.25) is 0 Å². The van der Waals surface area contributed by atoms with Crippen LogP contribution in [0.5, 0.6) is 0 Å². The van der Waals surface area contributed by atoms with Crippen LogP contribution in [0.3, 0.4) is 0 Å². The number of hydrogen-bond donors (Lipinski definition) is 1. The van der Waals surface area contributed by atoms with E-state index >= 15 is 0 Å². The summed E-state index contributed by atoms with van der Waals surface area (Å²) in [7, 11) is 0. The monoisotopic (exact) mass is 340 g/mol. The maximum absolute atomic E-state index is 13.0. The van der Waals surface area contributed by atoms with Crippen molar-refractivity contribution in [2.45, 2.75) is 32.0 Å². The fourth-order valence-electron chi connectivity index (χ4n) is 2.08. The molecule has 0 saturated carbocycles. The Balaban J connectivity index is 2.45. The van der Waals surface area contributed by atoms with Gasteiger partial charge in [-0.2, -0.15) is 18.3 Å². The molecular weight excluding hydrogens is 325 g/mol. The van der Waals surface area contributed by atoms with Crippen LogP contribution in [-0.2, 0) is 6.18 Å². The van der Waals surface area contributed by atoms with E-state index in [4.69, 9.17) is 6.57 Å². The Hall–Kier alpha value is -2.01. The molecule has 0 bridgehead atoms. The molecule has 4 nitrogen and oxygen atoms in total. The van der Waals surface area contributed by atoms with E-state index in [9.17, 15) is 13.2 Å². The smallest absolute Gasteiger partial charge is 0.298 e. The van der Waals surface area contributed by atoms with Gasteiger partial charge in [0.25, 0.3) is 0 Å². The van der Waals surface area contributed by atoms with Crippen molar-refractivity contribution in [3.63, 3.8) is 0 Å². The minimum absolute atomic E-state index is 0.176. The second-order valence-corrected chi connectivity index (χ2v) is 6.37. The first-order valence-corrected chi connectivity index (χ1v) is 7.88. The molecule has 122 valence electrons. The molecule has 1 aromatic carbocycles. The molecule has 2 rings (SSSR count). The lowest BCUT2D eigenvalue weighted by Crippen LogP contribution is -2.42. The highest BCUT2D eigenvalue weighted by Gasteiger charge is 2.35. The third kappa shape index (κ3) is 3.85. The topological polar surface area (TPSA) is 41.1 Å². The average molecular weight is 340 g/mol. The molecule has 1 aliphatic rings. The molecule has 1 aromatic rings. The molecular formula is C15H15F3N4S. The van der Waals surface area contributed by atoms with Gasteiger partial charge in [-0.25, -0.2) is 9.84 Å². The maximum atomic E-state index is 13.0. The van der Waals surface area contributed by atoms with Crippen LogP contribution >= 0.6 is 11.8 Å². The number of alkyl halides is 3. The fourth-order valence-corrected chi connectivity index (χ4v) is 2.98. The van der Waals surface area contributed by atoms with Gasteiger partial charge >= 0.3 is 6.18 Å². The first-order chi connectivity index (χ1) is 10.8. The molecule has 1 heterocycles. The molecule has 1 atom stereocenters. The van der Waals surface area contributed by atoms with E-state index in [1.165, 1.54) is 17.8 Å². The lowest BCUT2D eigenvalue weighted by Gasteiger charge is -2.25. The number of benzene rings is 1. The van der Waals surface area contributed by atoms with Crippen LogP contribution < -0.4 is 5.43 Å². The third-order valence-electron chi connectivity index (χ3n) is 3.29. The second-order valence-electron chi connectivity index (χ2n) is 5.12. The van der Waals surface area contributed by atoms with Gasteiger partial charge in [0, 0.05) is 12.6 Å². The van der Waals surface area contributed by atoms with Crippen molar-refractivity contribution in [3.8, 4) is 0 Å². The first kappa shape index (κ1) is 17.3. The summed E-state index contributed by atoms with van der Waals surface area (Å²) in [4.78, 5) is 7.31. The van der Waals surface area contributed by atoms with Crippen molar-refractivity contribution in [1.82, 2.24) is 5.43 Å². The van der Waals surface area contributed by atoms with Gasteiger partial charge in [-0.15, -0.1) is 11.8 Å². The molecule has 23 heavy (non-hydrogen) atoms. The summed E-state index contributed by atoms with van der Waals surface area (Å²) in [6.45, 7) is 10.7. The number of halogens is 3. The molecule has 0 saturated heterocycles. The number of aliphatic imine (C=N–C) groups is 1. The van der Waals surface area contributed by atoms with Gasteiger partial charge in [0.1, 0.15) is 10.6 Å². The Kier molecular flexibility index (Phi) is 5.00. The summed E-state index contributed by atoms with van der Waals surface area (Å²) in [6.07, 6.45) is -2.25. The number of hydrogen-bond acceptors (Lipinski definition) is 4. The molecule has 0 amide bonds. The van der Waals surface area contributed by atoms with Gasteiger partial charge in [-0.1, -0.05) is 13.0 Å². The molecule has 1 aliphatic heterocycles. The Morgan fingerprint density at radius 1 is 1.52 bits per heavy atom. The average Bonchev–Trinajstić information content (AvgIpc) is 2.94. The Morgan fingerprint density at radius 2 is 2.26 bits per heavy atom. The van der Waals surface area contributed by atoms with Crippen molar-refractivity contribution in [2.24, 2.45) is 10.1 Å². The standard InChI is InChI=1S/C15H15F3N4S/c1-4-23-13(14(2)7-8-20-22-14)21-10-5-6-12(19-3)11(9-10)15(16,17)18/h5-6,8-9,22H,4,7H2,1-2H3. The van der Waals surface area contributed by atoms with Crippen molar-refractivity contribution < 1.29 is 13.2 Å². The van der Waals surface area contributed by atoms with Gasteiger partial charge in [0.05, 0.1) is 17.8 Å². The SMILES string of the molecule is [C-]#[N+]c1ccc(N=C(SCC)C2(C)CC=NN2)cc1C(F)(F)F. The maximum Gasteiger partial charge on any atom is 0.407 e. The van der Waals surface area contributed by atoms with Crippen LogP contribution in [-0.4, -0.2) is 22.6 Å². The second kappa shape index (κ2) is 6.62. The highest BCUT2D eigenvalue weighted by Crippen LogP contribution is 2.39. The summed E-state index contributed by atoms with van der Waals surface area (Å²) >= 11 is 1.46. The van der Waals surface area contributed by atoms with Crippen LogP contribution in [0.25, 0.3) is 4.85 Å². The zero-order valence-corrected chi connectivity index (χ0v) is 13.4. The molecule has 0 aliphatic carbocycles. The van der Waals surface area contributed by atoms with Gasteiger partial charge in [-0.05, 0) is 24.8 Å². The van der Waals surface area contributed by atoms with Gasteiger partial charge < -0.3 is 0 Å². The van der Waals surface area contributed by atoms with Crippen LogP contribution in [0.4, 0.5) is 24.5 Å². The summed E-state index contributed by atoms with van der Waals surface area (Å²) in [5, 5.41) is 4.64. The Bertz CT molecular complexity index is 681. The number of nitrogens with one attached hydrogen (secondary N) is 1. The number of thioether (sulfide) groups is 1. The van der Waals surface area contributed by atoms with Crippen molar-refractivity contribution in [1.29, 1.82) is 0 Å². The highest BCUT2D eigenvalue weighted by atomic mass is 32.2. The molecule has 0 spiro atoms. The van der Waals surface area contributed by atoms with Crippen LogP contribution in [0.15, 0.2) is 28.3 Å². The van der Waals surface area contributed by atoms with E-state index in [-0.39, 0.29) is 5.69 Å². The highest BCUT2D eigenvalue weighted by molar-refractivity contribution is 8.14. The molecule has 0 aromatic heterocycles. The number of nitrogens with zero attached hydrogens (tertiary/aromatic N) is 3. The molecule has 8 heteroatoms. The predicted molar refractivity (Wildman–Crippen MR) is 87.6 cm³/mol. The lowest BCUT2D eigenvalue weighted by atomic mass is 10.0. The molecule has 0 fully saturated rings. The normalized spacial score (nSPS) is 21.1. The van der Waals surface area contributed by atoms with Crippen LogP contribution in [0.2, 0.25) is 0 Å². The van der Waals surface area contributed by atoms with Crippen LogP contribution in [0, 0.1) is 6.57 Å². The van der Waals surface area contributed by atoms with E-state index in [0.717, 1.165) is 17.9 Å². The minimum Gasteiger partial charge on any atom is -0.298 e. The van der Waals surface area contributed by atoms with Crippen molar-refractivity contribution >= 4 is 34.4 Å². The predicted octanol–water partition coefficient (Wildman–Crippen LogP) is 4.78. The van der Waals surface area contributed by atoms with Crippen molar-refractivity contribution in [2.75, 3.05) is 5.75 Å². The summed E-state index contributed by atoms with van der Waals surface area (Å²) < 4.78 is 39.1. The number of hydrazone groups is 1. The Labute approximate surface area is 136 Å². The van der Waals surface area contributed by atoms with Crippen LogP contribution in [0.1, 0.15) is 25.8 Å². The number of rotatable bonds is 3. The minimum atomic E-state index is -4.58. The first-order valence-electron chi connectivity index (χ1n) is 6.89. The lowest BCUT2D eigenvalue weighted by molar-refractivity contribution is -0.136. The van der Waals surface area contributed by atoms with Gasteiger partial charge in [-0.3, -0.25) is 5.43 Å². The largest absolute Gasteiger partial charge is 0.407 e. The van der Waals surface area contributed by atoms with Crippen molar-refractivity contribution in [3.05, 3.63) is 35.2 Å². The zero-order chi connectivity index (χ0) is 17.1. The van der Waals surface area contributed by atoms with E-state index in [2.05, 4.69) is 20.4 Å². The van der Waals surface area contributed by atoms with E-state index in [1.807, 2.05) is 13.8 Å². The quantitative estimate of drug-likeness (QED) is 0.489. The molecule has 0 radical (unpaired) electrons. The summed E-state index contributed by atoms with van der Waals surface area (Å²) in [6, 6.07) is 3.50. The molecule has 1 N–H and O–H groups in total. The third-order valence-corrected chi connectivity index (χ3v) is 4.40. The van der Waals surface area contributed by atoms with E-state index < -0.39 is 23.0 Å². The Morgan fingerprint density at radius 3 is 2.78 bits per heavy atom. The van der Waals surface area contributed by atoms with E-state index in [0.29, 0.717) is 11.5 Å². The van der Waals surface area contributed by atoms with Gasteiger partial charge in [0.15, 0.2) is 5.69 Å². The summed E-state index contributed by atoms with van der Waals surface area (Å²) in [5.74, 6) is 0.738. The fraction of sp³-hybridized carbons (Fsp3) is 0.400. The molecule has 1 unspecified atom stereocenters.